The van der Waals surface area contributed by atoms with Gasteiger partial charge in [0.1, 0.15) is 34.3 Å². The molecular formula is C44H56O6. The maximum Gasteiger partial charge on any atom is 0.344 e. The first-order valence-corrected chi connectivity index (χ1v) is 19.3. The Labute approximate surface area is 297 Å². The van der Waals surface area contributed by atoms with Crippen molar-refractivity contribution in [1.29, 1.82) is 0 Å². The molecule has 3 saturated carbocycles. The van der Waals surface area contributed by atoms with E-state index in [1.165, 1.54) is 69.1 Å². The summed E-state index contributed by atoms with van der Waals surface area (Å²) in [6.07, 6.45) is 15.8. The summed E-state index contributed by atoms with van der Waals surface area (Å²) in [6, 6.07) is 13.6. The van der Waals surface area contributed by atoms with E-state index < -0.39 is 5.97 Å². The Morgan fingerprint density at radius 1 is 0.980 bits per heavy atom. The normalized spacial score (nSPS) is 31.0. The maximum atomic E-state index is 13.0. The van der Waals surface area contributed by atoms with Crippen molar-refractivity contribution in [3.8, 4) is 22.8 Å². The summed E-state index contributed by atoms with van der Waals surface area (Å²) in [5.74, 6) is 4.75. The van der Waals surface area contributed by atoms with Crippen molar-refractivity contribution >= 4 is 16.9 Å². The van der Waals surface area contributed by atoms with E-state index in [1.807, 2.05) is 30.3 Å². The van der Waals surface area contributed by atoms with Crippen molar-refractivity contribution in [2.45, 2.75) is 111 Å². The number of ether oxygens (including phenoxy) is 2. The number of benzene rings is 2. The molecule has 7 rings (SSSR count). The summed E-state index contributed by atoms with van der Waals surface area (Å²) in [7, 11) is 0. The van der Waals surface area contributed by atoms with Crippen LogP contribution in [0.3, 0.4) is 0 Å². The van der Waals surface area contributed by atoms with Gasteiger partial charge in [0.15, 0.2) is 12.0 Å². The summed E-state index contributed by atoms with van der Waals surface area (Å²) in [4.78, 5) is 25.8. The minimum atomic E-state index is -0.431. The van der Waals surface area contributed by atoms with Crippen LogP contribution in [-0.4, -0.2) is 23.8 Å². The minimum absolute atomic E-state index is 0.0786. The Hall–Kier alpha value is -3.54. The molecule has 6 nitrogen and oxygen atoms in total. The molecule has 0 spiro atoms. The third-order valence-electron chi connectivity index (χ3n) is 13.8. The van der Waals surface area contributed by atoms with Gasteiger partial charge in [0, 0.05) is 30.2 Å². The lowest BCUT2D eigenvalue weighted by molar-refractivity contribution is -0.153. The highest BCUT2D eigenvalue weighted by molar-refractivity contribution is 5.86. The van der Waals surface area contributed by atoms with Gasteiger partial charge in [-0.15, -0.1) is 0 Å². The predicted molar refractivity (Wildman–Crippen MR) is 198 cm³/mol. The molecule has 8 atom stereocenters. The molecule has 3 fully saturated rings. The molecule has 0 bridgehead atoms. The van der Waals surface area contributed by atoms with Crippen LogP contribution in [-0.2, 0) is 9.53 Å². The summed E-state index contributed by atoms with van der Waals surface area (Å²) < 4.78 is 17.7. The topological polar surface area (TPSA) is 86.0 Å². The number of rotatable bonds is 10. The number of allylic oxidation sites excluding steroid dienone is 1. The van der Waals surface area contributed by atoms with Gasteiger partial charge in [-0.1, -0.05) is 95.9 Å². The fourth-order valence-corrected chi connectivity index (χ4v) is 11.2. The zero-order valence-corrected chi connectivity index (χ0v) is 30.7. The van der Waals surface area contributed by atoms with Crippen molar-refractivity contribution in [2.24, 2.45) is 46.3 Å². The van der Waals surface area contributed by atoms with E-state index in [0.29, 0.717) is 11.2 Å². The van der Waals surface area contributed by atoms with E-state index in [4.69, 9.17) is 13.9 Å². The van der Waals surface area contributed by atoms with Crippen LogP contribution in [0.15, 0.2) is 69.4 Å². The van der Waals surface area contributed by atoms with Crippen LogP contribution in [0.25, 0.3) is 22.3 Å². The number of hydrogen-bond acceptors (Lipinski definition) is 6. The maximum absolute atomic E-state index is 13.0. The largest absolute Gasteiger partial charge is 0.507 e. The number of esters is 1. The molecule has 0 saturated heterocycles. The highest BCUT2D eigenvalue weighted by atomic mass is 16.6. The molecule has 2 aromatic carbocycles. The van der Waals surface area contributed by atoms with E-state index in [0.717, 1.165) is 60.3 Å². The first-order chi connectivity index (χ1) is 24.0. The molecule has 0 radical (unpaired) electrons. The molecule has 3 aromatic rings. The number of carbonyl (C=O) groups is 1. The lowest BCUT2D eigenvalue weighted by Gasteiger charge is -2.58. The molecule has 1 heterocycles. The predicted octanol–water partition coefficient (Wildman–Crippen LogP) is 10.5. The summed E-state index contributed by atoms with van der Waals surface area (Å²) in [5.41, 5.74) is 2.76. The van der Waals surface area contributed by atoms with E-state index in [1.54, 1.807) is 6.07 Å². The van der Waals surface area contributed by atoms with Gasteiger partial charge in [-0.2, -0.15) is 0 Å². The number of fused-ring (bicyclic) bond motifs is 6. The second kappa shape index (κ2) is 13.9. The van der Waals surface area contributed by atoms with Gasteiger partial charge in [-0.3, -0.25) is 4.79 Å². The van der Waals surface area contributed by atoms with Crippen LogP contribution < -0.4 is 10.2 Å². The molecule has 268 valence electrons. The van der Waals surface area contributed by atoms with E-state index in [9.17, 15) is 14.7 Å². The fraction of sp³-hybridized carbons (Fsp3) is 0.591. The average molecular weight is 681 g/mol. The van der Waals surface area contributed by atoms with Crippen LogP contribution in [0.1, 0.15) is 105 Å². The molecule has 0 unspecified atom stereocenters. The molecule has 0 amide bonds. The third-order valence-corrected chi connectivity index (χ3v) is 13.8. The van der Waals surface area contributed by atoms with Gasteiger partial charge in [0.25, 0.3) is 0 Å². The number of phenols is 1. The number of hydrogen-bond donors (Lipinski definition) is 1. The summed E-state index contributed by atoms with van der Waals surface area (Å²) >= 11 is 0. The van der Waals surface area contributed by atoms with Crippen molar-refractivity contribution in [1.82, 2.24) is 0 Å². The standard InChI is InChI=1S/C44H56O6/c1-27(2)10-9-11-28(3)34-16-17-35-33-15-14-30-22-31(18-20-43(30,4)36(33)19-21-44(34,35)5)49-41(47)26-48-32-23-37(45)42-38(46)25-39(50-40(42)24-32)29-12-7-6-8-13-29/h6-8,12-14,23-25,27-28,31,33-36,45H,9-11,15-22,26H2,1-5H3/t28-,31+,33-,34+,35-,36-,43+,44-/m1/s1. The fourth-order valence-electron chi connectivity index (χ4n) is 11.2. The molecule has 1 N–H and O–H groups in total. The number of aromatic hydroxyl groups is 1. The van der Waals surface area contributed by atoms with Crippen LogP contribution in [0.4, 0.5) is 0 Å². The third kappa shape index (κ3) is 6.52. The van der Waals surface area contributed by atoms with Gasteiger partial charge in [0.05, 0.1) is 0 Å². The van der Waals surface area contributed by atoms with E-state index in [2.05, 4.69) is 40.7 Å². The zero-order chi connectivity index (χ0) is 35.2. The first-order valence-electron chi connectivity index (χ1n) is 19.3. The minimum Gasteiger partial charge on any atom is -0.507 e. The summed E-state index contributed by atoms with van der Waals surface area (Å²) in [5, 5.41) is 10.7. The molecular weight excluding hydrogens is 624 g/mol. The average Bonchev–Trinajstić information content (AvgIpc) is 3.44. The van der Waals surface area contributed by atoms with Crippen LogP contribution >= 0.6 is 0 Å². The second-order valence-corrected chi connectivity index (χ2v) is 17.1. The van der Waals surface area contributed by atoms with Crippen molar-refractivity contribution < 1.29 is 23.8 Å². The SMILES string of the molecule is CC(C)CCC[C@@H](C)[C@@H]1CC[C@@H]2[C@H]3CC=C4C[C@@H](OC(=O)COc5cc(O)c6c(=O)cc(-c7ccccc7)oc6c5)CC[C@]4(C)[C@@H]3CC[C@@]21C. The number of carbonyl (C=O) groups excluding carboxylic acids is 1. The summed E-state index contributed by atoms with van der Waals surface area (Å²) in [6.45, 7) is 12.1. The molecule has 4 aliphatic rings. The Bertz CT molecular complexity index is 1790. The molecule has 1 aromatic heterocycles. The van der Waals surface area contributed by atoms with Gasteiger partial charge in [-0.05, 0) is 91.3 Å². The highest BCUT2D eigenvalue weighted by Gasteiger charge is 2.59. The van der Waals surface area contributed by atoms with Crippen molar-refractivity contribution in [3.05, 3.63) is 70.4 Å². The van der Waals surface area contributed by atoms with Crippen molar-refractivity contribution in [3.63, 3.8) is 0 Å². The Morgan fingerprint density at radius 3 is 2.56 bits per heavy atom. The Balaban J connectivity index is 0.970. The van der Waals surface area contributed by atoms with E-state index in [-0.39, 0.29) is 46.0 Å². The van der Waals surface area contributed by atoms with Gasteiger partial charge in [0.2, 0.25) is 0 Å². The first kappa shape index (κ1) is 34.9. The van der Waals surface area contributed by atoms with Crippen LogP contribution in [0.2, 0.25) is 0 Å². The smallest absolute Gasteiger partial charge is 0.344 e. The lowest BCUT2D eigenvalue weighted by atomic mass is 9.47. The lowest BCUT2D eigenvalue weighted by Crippen LogP contribution is -2.51. The molecule has 6 heteroatoms. The van der Waals surface area contributed by atoms with Crippen LogP contribution in [0.5, 0.6) is 11.5 Å². The van der Waals surface area contributed by atoms with Crippen molar-refractivity contribution in [2.75, 3.05) is 6.61 Å². The van der Waals surface area contributed by atoms with Gasteiger partial charge >= 0.3 is 5.97 Å². The monoisotopic (exact) mass is 680 g/mol. The van der Waals surface area contributed by atoms with Gasteiger partial charge < -0.3 is 19.0 Å². The Kier molecular flexibility index (Phi) is 9.69. The molecule has 4 aliphatic carbocycles. The molecule has 50 heavy (non-hydrogen) atoms. The molecule has 0 aliphatic heterocycles. The van der Waals surface area contributed by atoms with Gasteiger partial charge in [-0.25, -0.2) is 4.79 Å². The second-order valence-electron chi connectivity index (χ2n) is 17.1. The zero-order valence-electron chi connectivity index (χ0n) is 30.7. The quantitative estimate of drug-likeness (QED) is 0.169. The van der Waals surface area contributed by atoms with Crippen LogP contribution in [0, 0.1) is 46.3 Å². The van der Waals surface area contributed by atoms with E-state index >= 15 is 0 Å². The Morgan fingerprint density at radius 2 is 1.78 bits per heavy atom. The highest BCUT2D eigenvalue weighted by Crippen LogP contribution is 2.67. The number of phenolic OH excluding ortho intramolecular Hbond substituents is 1.